The Bertz CT molecular complexity index is 506. The number of rotatable bonds is 3. The normalized spacial score (nSPS) is 47.2. The van der Waals surface area contributed by atoms with Crippen molar-refractivity contribution in [3.63, 3.8) is 0 Å². The maximum absolute atomic E-state index is 12.0. The Morgan fingerprint density at radius 2 is 2.21 bits per heavy atom. The Kier molecular flexibility index (Phi) is 2.24. The van der Waals surface area contributed by atoms with Crippen LogP contribution in [-0.2, 0) is 14.3 Å². The molecule has 102 valence electrons. The molecule has 3 fully saturated rings. The van der Waals surface area contributed by atoms with E-state index in [4.69, 9.17) is 9.47 Å². The largest absolute Gasteiger partial charge is 0.366 e. The maximum atomic E-state index is 12.0. The molecule has 0 amide bonds. The first-order valence-corrected chi connectivity index (χ1v) is 7.26. The molecule has 1 spiro atoms. The van der Waals surface area contributed by atoms with Crippen LogP contribution < -0.4 is 0 Å². The lowest BCUT2D eigenvalue weighted by Gasteiger charge is -2.29. The Balaban J connectivity index is 1.53. The van der Waals surface area contributed by atoms with Crippen molar-refractivity contribution in [3.8, 4) is 0 Å². The summed E-state index contributed by atoms with van der Waals surface area (Å²) in [6.07, 6.45) is 8.72. The average Bonchev–Trinajstić information content (AvgIpc) is 3.21. The Hall–Kier alpha value is -0.930. The summed E-state index contributed by atoms with van der Waals surface area (Å²) in [6, 6.07) is 0. The number of hydrogen-bond donors (Lipinski definition) is 0. The lowest BCUT2D eigenvalue weighted by atomic mass is 9.72. The summed E-state index contributed by atoms with van der Waals surface area (Å²) in [6.45, 7) is 4.79. The fourth-order valence-corrected chi connectivity index (χ4v) is 3.53. The molecule has 2 saturated heterocycles. The van der Waals surface area contributed by atoms with E-state index in [9.17, 15) is 4.79 Å². The van der Waals surface area contributed by atoms with Gasteiger partial charge in [-0.3, -0.25) is 4.79 Å². The third kappa shape index (κ3) is 1.83. The molecule has 0 N–H and O–H groups in total. The summed E-state index contributed by atoms with van der Waals surface area (Å²) in [4.78, 5) is 12.0. The summed E-state index contributed by atoms with van der Waals surface area (Å²) >= 11 is 0. The molecule has 3 heteroatoms. The van der Waals surface area contributed by atoms with E-state index < -0.39 is 0 Å². The fraction of sp³-hybridized carbons (Fsp3) is 0.688. The lowest BCUT2D eigenvalue weighted by Crippen LogP contribution is -2.40. The quantitative estimate of drug-likeness (QED) is 0.578. The summed E-state index contributed by atoms with van der Waals surface area (Å²) < 4.78 is 11.7. The number of ether oxygens (including phenoxy) is 2. The van der Waals surface area contributed by atoms with Crippen LogP contribution in [0.15, 0.2) is 23.3 Å². The zero-order chi connectivity index (χ0) is 13.3. The minimum absolute atomic E-state index is 0.171. The van der Waals surface area contributed by atoms with Gasteiger partial charge in [0.25, 0.3) is 0 Å². The fourth-order valence-electron chi connectivity index (χ4n) is 3.53. The van der Waals surface area contributed by atoms with Gasteiger partial charge in [-0.1, -0.05) is 11.6 Å². The van der Waals surface area contributed by atoms with Crippen molar-refractivity contribution in [2.24, 2.45) is 5.92 Å². The van der Waals surface area contributed by atoms with E-state index in [1.807, 2.05) is 13.0 Å². The molecule has 4 aliphatic rings. The van der Waals surface area contributed by atoms with E-state index in [0.29, 0.717) is 6.42 Å². The van der Waals surface area contributed by atoms with Crippen molar-refractivity contribution in [2.75, 3.05) is 6.61 Å². The topological polar surface area (TPSA) is 42.1 Å². The second-order valence-electron chi connectivity index (χ2n) is 6.64. The third-order valence-electron chi connectivity index (χ3n) is 5.19. The van der Waals surface area contributed by atoms with Crippen molar-refractivity contribution >= 4 is 5.78 Å². The monoisotopic (exact) mass is 260 g/mol. The van der Waals surface area contributed by atoms with E-state index in [-0.39, 0.29) is 29.0 Å². The van der Waals surface area contributed by atoms with Gasteiger partial charge in [0.2, 0.25) is 0 Å². The van der Waals surface area contributed by atoms with Gasteiger partial charge >= 0.3 is 0 Å². The molecular weight excluding hydrogens is 240 g/mol. The number of allylic oxidation sites excluding steroid dienone is 2. The maximum Gasteiger partial charge on any atom is 0.158 e. The van der Waals surface area contributed by atoms with Gasteiger partial charge in [-0.2, -0.15) is 0 Å². The van der Waals surface area contributed by atoms with Gasteiger partial charge in [0, 0.05) is 12.3 Å². The van der Waals surface area contributed by atoms with Gasteiger partial charge in [0.1, 0.15) is 5.60 Å². The highest BCUT2D eigenvalue weighted by Gasteiger charge is 2.68. The minimum Gasteiger partial charge on any atom is -0.366 e. The van der Waals surface area contributed by atoms with Crippen LogP contribution in [0.4, 0.5) is 0 Å². The average molecular weight is 260 g/mol. The van der Waals surface area contributed by atoms with Crippen LogP contribution in [-0.4, -0.2) is 29.7 Å². The van der Waals surface area contributed by atoms with Crippen molar-refractivity contribution < 1.29 is 14.3 Å². The van der Waals surface area contributed by atoms with Crippen LogP contribution >= 0.6 is 0 Å². The van der Waals surface area contributed by atoms with Crippen molar-refractivity contribution in [1.29, 1.82) is 0 Å². The molecule has 4 unspecified atom stereocenters. The van der Waals surface area contributed by atoms with E-state index in [2.05, 4.69) is 13.0 Å². The van der Waals surface area contributed by atoms with E-state index in [0.717, 1.165) is 18.6 Å². The first-order valence-electron chi connectivity index (χ1n) is 7.26. The summed E-state index contributed by atoms with van der Waals surface area (Å²) in [5.41, 5.74) is 2.05. The molecule has 0 radical (unpaired) electrons. The molecule has 19 heavy (non-hydrogen) atoms. The molecule has 3 nitrogen and oxygen atoms in total. The van der Waals surface area contributed by atoms with Gasteiger partial charge in [-0.25, -0.2) is 0 Å². The summed E-state index contributed by atoms with van der Waals surface area (Å²) in [5.74, 6) is 0.445. The molecule has 2 aliphatic carbocycles. The molecule has 1 saturated carbocycles. The minimum atomic E-state index is -0.200. The van der Waals surface area contributed by atoms with Crippen molar-refractivity contribution in [1.82, 2.24) is 0 Å². The standard InChI is InChI=1S/C16H20O3/c1-10-8-16(9-18-16)13(7-12(10)17)15(2)14(19-15)6-5-11-3-4-11/h5,8,13-14H,3-4,6-7,9H2,1-2H3. The van der Waals surface area contributed by atoms with Crippen molar-refractivity contribution in [2.45, 2.75) is 56.8 Å². The second-order valence-corrected chi connectivity index (χ2v) is 6.64. The number of carbonyl (C=O) groups excluding carboxylic acids is 1. The number of Topliss-reactive ketones (excluding diaryl/α,β-unsaturated/α-hetero) is 1. The summed E-state index contributed by atoms with van der Waals surface area (Å²) in [7, 11) is 0. The van der Waals surface area contributed by atoms with Crippen LogP contribution in [0.5, 0.6) is 0 Å². The zero-order valence-electron chi connectivity index (χ0n) is 11.6. The Labute approximate surface area is 113 Å². The van der Waals surface area contributed by atoms with Gasteiger partial charge in [0.15, 0.2) is 5.78 Å². The molecule has 2 heterocycles. The van der Waals surface area contributed by atoms with Gasteiger partial charge in [-0.15, -0.1) is 0 Å². The van der Waals surface area contributed by atoms with Crippen LogP contribution in [0.25, 0.3) is 0 Å². The number of epoxide rings is 2. The molecule has 0 aromatic carbocycles. The molecule has 2 aliphatic heterocycles. The predicted octanol–water partition coefficient (Wildman–Crippen LogP) is 2.56. The SMILES string of the molecule is CC1=CC2(CO2)C(C2(C)OC2CC=C2CC2)CC1=O. The van der Waals surface area contributed by atoms with Crippen LogP contribution in [0, 0.1) is 5.92 Å². The van der Waals surface area contributed by atoms with Gasteiger partial charge in [-0.05, 0) is 44.8 Å². The van der Waals surface area contributed by atoms with Gasteiger partial charge < -0.3 is 9.47 Å². The van der Waals surface area contributed by atoms with Crippen molar-refractivity contribution in [3.05, 3.63) is 23.3 Å². The van der Waals surface area contributed by atoms with Crippen LogP contribution in [0.2, 0.25) is 0 Å². The second kappa shape index (κ2) is 3.58. The molecule has 4 atom stereocenters. The van der Waals surface area contributed by atoms with E-state index in [1.54, 1.807) is 5.57 Å². The number of carbonyl (C=O) groups is 1. The van der Waals surface area contributed by atoms with Gasteiger partial charge in [0.05, 0.1) is 18.3 Å². The summed E-state index contributed by atoms with van der Waals surface area (Å²) in [5, 5.41) is 0. The molecule has 0 aromatic heterocycles. The van der Waals surface area contributed by atoms with E-state index in [1.165, 1.54) is 12.8 Å². The number of hydrogen-bond acceptors (Lipinski definition) is 3. The smallest absolute Gasteiger partial charge is 0.158 e. The predicted molar refractivity (Wildman–Crippen MR) is 70.8 cm³/mol. The first-order chi connectivity index (χ1) is 9.03. The van der Waals surface area contributed by atoms with E-state index >= 15 is 0 Å². The Morgan fingerprint density at radius 3 is 2.84 bits per heavy atom. The molecule has 4 rings (SSSR count). The lowest BCUT2D eigenvalue weighted by molar-refractivity contribution is -0.118. The third-order valence-corrected chi connectivity index (χ3v) is 5.19. The molecule has 0 aromatic rings. The highest BCUT2D eigenvalue weighted by atomic mass is 16.6. The highest BCUT2D eigenvalue weighted by molar-refractivity contribution is 5.96. The highest BCUT2D eigenvalue weighted by Crippen LogP contribution is 2.57. The van der Waals surface area contributed by atoms with Crippen LogP contribution in [0.1, 0.15) is 39.5 Å². The van der Waals surface area contributed by atoms with Crippen LogP contribution in [0.3, 0.4) is 0 Å². The molecule has 0 bridgehead atoms. The first kappa shape index (κ1) is 11.9. The molecular formula is C16H20O3. The Morgan fingerprint density at radius 1 is 1.47 bits per heavy atom. The number of ketones is 1. The zero-order valence-corrected chi connectivity index (χ0v) is 11.6.